The first-order valence-electron chi connectivity index (χ1n) is 6.49. The minimum Gasteiger partial charge on any atom is -0.396 e. The van der Waals surface area contributed by atoms with Crippen molar-refractivity contribution in [2.45, 2.75) is 24.2 Å². The lowest BCUT2D eigenvalue weighted by Crippen LogP contribution is -2.28. The van der Waals surface area contributed by atoms with Crippen LogP contribution in [-0.4, -0.2) is 44.2 Å². The van der Waals surface area contributed by atoms with Gasteiger partial charge in [0.05, 0.1) is 10.6 Å². The standard InChI is InChI=1S/C13H21N3OS2/c1-15(2)12(17)10-9(14)11(18-3)13(19-10)16-7-5-4-6-8-16/h4-8,14H2,1-3H3. The Bertz CT molecular complexity index is 465. The average Bonchev–Trinajstić information content (AvgIpc) is 2.75. The van der Waals surface area contributed by atoms with E-state index in [2.05, 4.69) is 4.90 Å². The molecule has 2 heterocycles. The van der Waals surface area contributed by atoms with E-state index in [-0.39, 0.29) is 5.91 Å². The van der Waals surface area contributed by atoms with Crippen LogP contribution in [-0.2, 0) is 0 Å². The minimum atomic E-state index is 0.000981. The van der Waals surface area contributed by atoms with Crippen molar-refractivity contribution in [3.63, 3.8) is 0 Å². The van der Waals surface area contributed by atoms with Gasteiger partial charge in [0.15, 0.2) is 0 Å². The third-order valence-electron chi connectivity index (χ3n) is 3.33. The molecule has 106 valence electrons. The summed E-state index contributed by atoms with van der Waals surface area (Å²) in [7, 11) is 3.53. The molecule has 0 bridgehead atoms. The summed E-state index contributed by atoms with van der Waals surface area (Å²) in [6.07, 6.45) is 5.77. The quantitative estimate of drug-likeness (QED) is 0.872. The maximum Gasteiger partial charge on any atom is 0.265 e. The third kappa shape index (κ3) is 2.84. The van der Waals surface area contributed by atoms with Gasteiger partial charge in [-0.05, 0) is 25.5 Å². The van der Waals surface area contributed by atoms with Gasteiger partial charge in [-0.3, -0.25) is 4.79 Å². The summed E-state index contributed by atoms with van der Waals surface area (Å²) in [5.41, 5.74) is 6.83. The van der Waals surface area contributed by atoms with Crippen LogP contribution in [0.5, 0.6) is 0 Å². The normalized spacial score (nSPS) is 15.6. The number of nitrogens with zero attached hydrogens (tertiary/aromatic N) is 2. The number of thiophene rings is 1. The molecule has 2 N–H and O–H groups in total. The predicted molar refractivity (Wildman–Crippen MR) is 84.6 cm³/mol. The highest BCUT2D eigenvalue weighted by Gasteiger charge is 2.25. The van der Waals surface area contributed by atoms with E-state index in [9.17, 15) is 4.79 Å². The number of rotatable bonds is 3. The first-order chi connectivity index (χ1) is 9.06. The molecule has 1 amide bonds. The number of carbonyl (C=O) groups excluding carboxylic acids is 1. The number of carbonyl (C=O) groups is 1. The molecule has 0 radical (unpaired) electrons. The van der Waals surface area contributed by atoms with Gasteiger partial charge in [-0.1, -0.05) is 0 Å². The van der Waals surface area contributed by atoms with E-state index in [1.807, 2.05) is 6.26 Å². The summed E-state index contributed by atoms with van der Waals surface area (Å²) in [6.45, 7) is 2.15. The molecule has 4 nitrogen and oxygen atoms in total. The van der Waals surface area contributed by atoms with Gasteiger partial charge in [0.2, 0.25) is 0 Å². The van der Waals surface area contributed by atoms with E-state index in [0.717, 1.165) is 18.0 Å². The van der Waals surface area contributed by atoms with Crippen LogP contribution in [0.15, 0.2) is 4.90 Å². The molecule has 1 saturated heterocycles. The smallest absolute Gasteiger partial charge is 0.265 e. The molecule has 1 aromatic rings. The number of hydrogen-bond donors (Lipinski definition) is 1. The SMILES string of the molecule is CSc1c(N2CCCCC2)sc(C(=O)N(C)C)c1N. The molecule has 1 aliphatic heterocycles. The van der Waals surface area contributed by atoms with Crippen molar-refractivity contribution in [3.8, 4) is 0 Å². The van der Waals surface area contributed by atoms with Crippen molar-refractivity contribution < 1.29 is 4.79 Å². The van der Waals surface area contributed by atoms with Crippen molar-refractivity contribution in [2.24, 2.45) is 0 Å². The molecule has 0 unspecified atom stereocenters. The highest BCUT2D eigenvalue weighted by molar-refractivity contribution is 7.99. The molecule has 1 fully saturated rings. The van der Waals surface area contributed by atoms with Crippen molar-refractivity contribution in [3.05, 3.63) is 4.88 Å². The number of nitrogens with two attached hydrogens (primary N) is 1. The maximum absolute atomic E-state index is 12.2. The fourth-order valence-corrected chi connectivity index (χ4v) is 4.54. The topological polar surface area (TPSA) is 49.6 Å². The lowest BCUT2D eigenvalue weighted by Gasteiger charge is -2.28. The first-order valence-corrected chi connectivity index (χ1v) is 8.53. The second kappa shape index (κ2) is 6.05. The van der Waals surface area contributed by atoms with Crippen molar-refractivity contribution in [1.29, 1.82) is 0 Å². The Hall–Kier alpha value is -0.880. The molecule has 6 heteroatoms. The zero-order valence-corrected chi connectivity index (χ0v) is 13.4. The number of nitrogen functional groups attached to an aromatic ring is 1. The molecular formula is C13H21N3OS2. The van der Waals surface area contributed by atoms with Crippen LogP contribution in [0, 0.1) is 0 Å². The van der Waals surface area contributed by atoms with Crippen LogP contribution >= 0.6 is 23.1 Å². The van der Waals surface area contributed by atoms with Gasteiger partial charge >= 0.3 is 0 Å². The second-order valence-corrected chi connectivity index (χ2v) is 6.75. The molecule has 0 saturated carbocycles. The lowest BCUT2D eigenvalue weighted by molar-refractivity contribution is 0.0833. The summed E-state index contributed by atoms with van der Waals surface area (Å²) in [6, 6.07) is 0. The van der Waals surface area contributed by atoms with Gasteiger partial charge in [-0.25, -0.2) is 0 Å². The van der Waals surface area contributed by atoms with E-state index in [1.165, 1.54) is 24.3 Å². The van der Waals surface area contributed by atoms with Crippen LogP contribution in [0.2, 0.25) is 0 Å². The highest BCUT2D eigenvalue weighted by Crippen LogP contribution is 2.44. The molecule has 0 aliphatic carbocycles. The average molecular weight is 299 g/mol. The van der Waals surface area contributed by atoms with E-state index in [1.54, 1.807) is 42.1 Å². The number of amides is 1. The summed E-state index contributed by atoms with van der Waals surface area (Å²) < 4.78 is 0. The Labute approximate surface area is 122 Å². The molecular weight excluding hydrogens is 278 g/mol. The largest absolute Gasteiger partial charge is 0.396 e. The molecule has 2 rings (SSSR count). The van der Waals surface area contributed by atoms with Gasteiger partial charge in [0.1, 0.15) is 9.88 Å². The van der Waals surface area contributed by atoms with Crippen LogP contribution in [0.25, 0.3) is 0 Å². The zero-order valence-electron chi connectivity index (χ0n) is 11.7. The minimum absolute atomic E-state index is 0.000981. The Morgan fingerprint density at radius 2 is 1.95 bits per heavy atom. The molecule has 19 heavy (non-hydrogen) atoms. The number of piperidine rings is 1. The van der Waals surface area contributed by atoms with Gasteiger partial charge in [-0.15, -0.1) is 23.1 Å². The number of hydrogen-bond acceptors (Lipinski definition) is 5. The fourth-order valence-electron chi connectivity index (χ4n) is 2.28. The summed E-state index contributed by atoms with van der Waals surface area (Å²) in [4.78, 5) is 17.9. The van der Waals surface area contributed by atoms with E-state index >= 15 is 0 Å². The van der Waals surface area contributed by atoms with Crippen LogP contribution in [0.1, 0.15) is 28.9 Å². The number of thioether (sulfide) groups is 1. The van der Waals surface area contributed by atoms with Crippen LogP contribution < -0.4 is 10.6 Å². The Kier molecular flexibility index (Phi) is 4.62. The zero-order chi connectivity index (χ0) is 14.0. The molecule has 0 aromatic carbocycles. The van der Waals surface area contributed by atoms with Gasteiger partial charge < -0.3 is 15.5 Å². The molecule has 1 aromatic heterocycles. The first kappa shape index (κ1) is 14.5. The van der Waals surface area contributed by atoms with Crippen molar-refractivity contribution in [1.82, 2.24) is 4.90 Å². The number of anilines is 2. The summed E-state index contributed by atoms with van der Waals surface area (Å²) in [5.74, 6) is 0.000981. The summed E-state index contributed by atoms with van der Waals surface area (Å²) in [5, 5.41) is 1.18. The Morgan fingerprint density at radius 1 is 1.32 bits per heavy atom. The van der Waals surface area contributed by atoms with E-state index in [0.29, 0.717) is 10.6 Å². The Balaban J connectivity index is 2.37. The lowest BCUT2D eigenvalue weighted by atomic mass is 10.1. The Morgan fingerprint density at radius 3 is 2.47 bits per heavy atom. The molecule has 0 spiro atoms. The van der Waals surface area contributed by atoms with Gasteiger partial charge in [-0.2, -0.15) is 0 Å². The fraction of sp³-hybridized carbons (Fsp3) is 0.615. The molecule has 1 aliphatic rings. The van der Waals surface area contributed by atoms with Crippen LogP contribution in [0.4, 0.5) is 10.7 Å². The van der Waals surface area contributed by atoms with Gasteiger partial charge in [0, 0.05) is 27.2 Å². The second-order valence-electron chi connectivity index (χ2n) is 4.93. The third-order valence-corrected chi connectivity index (χ3v) is 5.54. The molecule has 0 atom stereocenters. The predicted octanol–water partition coefficient (Wildman–Crippen LogP) is 2.74. The van der Waals surface area contributed by atoms with E-state index < -0.39 is 0 Å². The van der Waals surface area contributed by atoms with Crippen molar-refractivity contribution >= 4 is 39.7 Å². The highest BCUT2D eigenvalue weighted by atomic mass is 32.2. The van der Waals surface area contributed by atoms with Crippen molar-refractivity contribution in [2.75, 3.05) is 44.1 Å². The van der Waals surface area contributed by atoms with Gasteiger partial charge in [0.25, 0.3) is 5.91 Å². The van der Waals surface area contributed by atoms with E-state index in [4.69, 9.17) is 5.73 Å². The van der Waals surface area contributed by atoms with Crippen LogP contribution in [0.3, 0.4) is 0 Å². The summed E-state index contributed by atoms with van der Waals surface area (Å²) >= 11 is 3.18. The maximum atomic E-state index is 12.2. The monoisotopic (exact) mass is 299 g/mol.